The minimum atomic E-state index is -0.493. The third-order valence-electron chi connectivity index (χ3n) is 2.88. The molecule has 0 aliphatic heterocycles. The smallest absolute Gasteiger partial charge is 0.258 e. The zero-order valence-corrected chi connectivity index (χ0v) is 9.58. The first-order valence-electron chi connectivity index (χ1n) is 5.13. The predicted octanol–water partition coefficient (Wildman–Crippen LogP) is 3.04. The van der Waals surface area contributed by atoms with Crippen molar-refractivity contribution in [1.29, 1.82) is 0 Å². The van der Waals surface area contributed by atoms with Gasteiger partial charge in [0.05, 0.1) is 10.2 Å². The third kappa shape index (κ3) is 1.64. The molecule has 0 spiro atoms. The van der Waals surface area contributed by atoms with Crippen molar-refractivity contribution in [3.8, 4) is 0 Å². The lowest BCUT2D eigenvalue weighted by atomic mass is 10.1. The van der Waals surface area contributed by atoms with Crippen LogP contribution in [0.4, 0.5) is 5.69 Å². The van der Waals surface area contributed by atoms with Crippen LogP contribution in [0.25, 0.3) is 5.57 Å². The SMILES string of the molecule is C=CC1=C(C)c2ccc([N+](=O)[O-])cc2/C1=N/N=O. The largest absolute Gasteiger partial charge is 0.270 e. The highest BCUT2D eigenvalue weighted by molar-refractivity contribution is 6.25. The van der Waals surface area contributed by atoms with Gasteiger partial charge in [-0.25, -0.2) is 0 Å². The van der Waals surface area contributed by atoms with E-state index in [9.17, 15) is 15.0 Å². The van der Waals surface area contributed by atoms with Crippen molar-refractivity contribution in [2.45, 2.75) is 6.92 Å². The fourth-order valence-corrected chi connectivity index (χ4v) is 2.03. The first-order chi connectivity index (χ1) is 8.60. The summed E-state index contributed by atoms with van der Waals surface area (Å²) in [5.74, 6) is 0. The minimum absolute atomic E-state index is 0.0505. The molecule has 0 amide bonds. The first-order valence-corrected chi connectivity index (χ1v) is 5.13. The first kappa shape index (κ1) is 11.8. The highest BCUT2D eigenvalue weighted by Gasteiger charge is 2.26. The summed E-state index contributed by atoms with van der Waals surface area (Å²) >= 11 is 0. The van der Waals surface area contributed by atoms with Gasteiger partial charge in [-0.15, -0.1) is 10.0 Å². The standard InChI is InChI=1S/C12H9N3O3/c1-3-9-7(2)10-5-4-8(15(17)18)6-11(10)12(9)13-14-16/h3-6H,1H2,2H3/b13-12+. The van der Waals surface area contributed by atoms with Gasteiger partial charge in [0.15, 0.2) is 0 Å². The molecule has 0 heterocycles. The highest BCUT2D eigenvalue weighted by atomic mass is 16.6. The Kier molecular flexibility index (Phi) is 2.85. The van der Waals surface area contributed by atoms with Crippen LogP contribution in [0.5, 0.6) is 0 Å². The zero-order chi connectivity index (χ0) is 13.3. The highest BCUT2D eigenvalue weighted by Crippen LogP contribution is 2.35. The second-order valence-electron chi connectivity index (χ2n) is 3.76. The topological polar surface area (TPSA) is 84.9 Å². The number of fused-ring (bicyclic) bond motifs is 1. The van der Waals surface area contributed by atoms with Crippen LogP contribution in [0.2, 0.25) is 0 Å². The van der Waals surface area contributed by atoms with E-state index >= 15 is 0 Å². The number of nitro benzene ring substituents is 1. The molecule has 0 saturated heterocycles. The molecule has 0 radical (unpaired) electrons. The number of non-ortho nitro benzene ring substituents is 1. The third-order valence-corrected chi connectivity index (χ3v) is 2.88. The van der Waals surface area contributed by atoms with Gasteiger partial charge >= 0.3 is 0 Å². The number of allylic oxidation sites excluding steroid dienone is 3. The van der Waals surface area contributed by atoms with E-state index in [2.05, 4.69) is 17.0 Å². The number of hydrogen-bond acceptors (Lipinski definition) is 4. The summed E-state index contributed by atoms with van der Waals surface area (Å²) in [4.78, 5) is 20.6. The molecule has 2 rings (SSSR count). The summed E-state index contributed by atoms with van der Waals surface area (Å²) in [5, 5.41) is 16.8. The van der Waals surface area contributed by atoms with Gasteiger partial charge in [0.2, 0.25) is 0 Å². The van der Waals surface area contributed by atoms with E-state index in [-0.39, 0.29) is 5.69 Å². The molecule has 0 fully saturated rings. The molecule has 6 nitrogen and oxygen atoms in total. The Morgan fingerprint density at radius 2 is 2.11 bits per heavy atom. The average Bonchev–Trinajstić information content (AvgIpc) is 2.62. The number of nitro groups is 1. The van der Waals surface area contributed by atoms with E-state index in [0.29, 0.717) is 16.8 Å². The van der Waals surface area contributed by atoms with Crippen LogP contribution in [-0.2, 0) is 0 Å². The molecule has 1 aromatic carbocycles. The maximum atomic E-state index is 10.7. The van der Waals surface area contributed by atoms with Crippen molar-refractivity contribution in [1.82, 2.24) is 0 Å². The zero-order valence-electron chi connectivity index (χ0n) is 9.58. The monoisotopic (exact) mass is 243 g/mol. The number of nitroso groups, excluding NO2 is 1. The fourth-order valence-electron chi connectivity index (χ4n) is 2.03. The van der Waals surface area contributed by atoms with Crippen molar-refractivity contribution < 1.29 is 4.92 Å². The molecule has 0 bridgehead atoms. The van der Waals surface area contributed by atoms with E-state index in [1.54, 1.807) is 12.1 Å². The summed E-state index contributed by atoms with van der Waals surface area (Å²) in [5.41, 5.74) is 3.16. The Labute approximate surface area is 102 Å². The Morgan fingerprint density at radius 1 is 1.39 bits per heavy atom. The molecule has 6 heteroatoms. The van der Waals surface area contributed by atoms with Gasteiger partial charge in [0, 0.05) is 23.3 Å². The van der Waals surface area contributed by atoms with Gasteiger partial charge in [-0.2, -0.15) is 0 Å². The summed E-state index contributed by atoms with van der Waals surface area (Å²) in [6.07, 6.45) is 1.56. The number of nitrogens with zero attached hydrogens (tertiary/aromatic N) is 3. The van der Waals surface area contributed by atoms with Gasteiger partial charge in [-0.1, -0.05) is 12.7 Å². The molecule has 0 aromatic heterocycles. The van der Waals surface area contributed by atoms with E-state index < -0.39 is 4.92 Å². The van der Waals surface area contributed by atoms with Crippen LogP contribution >= 0.6 is 0 Å². The summed E-state index contributed by atoms with van der Waals surface area (Å²) < 4.78 is 0. The van der Waals surface area contributed by atoms with E-state index in [0.717, 1.165) is 11.1 Å². The molecule has 0 saturated carbocycles. The van der Waals surface area contributed by atoms with E-state index in [1.807, 2.05) is 6.92 Å². The van der Waals surface area contributed by atoms with E-state index in [1.165, 1.54) is 12.1 Å². The molecule has 1 aliphatic rings. The average molecular weight is 243 g/mol. The minimum Gasteiger partial charge on any atom is -0.258 e. The van der Waals surface area contributed by atoms with Crippen molar-refractivity contribution in [2.24, 2.45) is 10.4 Å². The molecule has 18 heavy (non-hydrogen) atoms. The predicted molar refractivity (Wildman–Crippen MR) is 68.2 cm³/mol. The van der Waals surface area contributed by atoms with Crippen molar-refractivity contribution in [3.63, 3.8) is 0 Å². The lowest BCUT2D eigenvalue weighted by molar-refractivity contribution is -0.384. The molecule has 0 unspecified atom stereocenters. The molecular weight excluding hydrogens is 234 g/mol. The van der Waals surface area contributed by atoms with E-state index in [4.69, 9.17) is 0 Å². The van der Waals surface area contributed by atoms with Crippen molar-refractivity contribution in [3.05, 3.63) is 62.6 Å². The maximum absolute atomic E-state index is 10.7. The number of hydrogen-bond donors (Lipinski definition) is 0. The van der Waals surface area contributed by atoms with Crippen LogP contribution < -0.4 is 0 Å². The second kappa shape index (κ2) is 4.33. The Bertz CT molecular complexity index is 629. The summed E-state index contributed by atoms with van der Waals surface area (Å²) in [7, 11) is 0. The van der Waals surface area contributed by atoms with Crippen LogP contribution in [-0.4, -0.2) is 10.6 Å². The molecule has 1 aromatic rings. The molecular formula is C12H9N3O3. The van der Waals surface area contributed by atoms with Gasteiger partial charge in [-0.05, 0) is 24.1 Å². The van der Waals surface area contributed by atoms with Gasteiger partial charge in [0.25, 0.3) is 5.69 Å². The molecule has 1 aliphatic carbocycles. The molecule has 0 N–H and O–H groups in total. The van der Waals surface area contributed by atoms with Gasteiger partial charge in [0.1, 0.15) is 5.71 Å². The Morgan fingerprint density at radius 3 is 2.67 bits per heavy atom. The maximum Gasteiger partial charge on any atom is 0.270 e. The van der Waals surface area contributed by atoms with Crippen LogP contribution in [0, 0.1) is 15.0 Å². The Balaban J connectivity index is 2.70. The van der Waals surface area contributed by atoms with Crippen LogP contribution in [0.3, 0.4) is 0 Å². The Hall–Kier alpha value is -2.63. The quantitative estimate of drug-likeness (QED) is 0.464. The van der Waals surface area contributed by atoms with Crippen molar-refractivity contribution >= 4 is 17.0 Å². The molecule has 0 atom stereocenters. The number of benzene rings is 1. The fraction of sp³-hybridized carbons (Fsp3) is 0.0833. The van der Waals surface area contributed by atoms with Crippen LogP contribution in [0.15, 0.2) is 46.8 Å². The van der Waals surface area contributed by atoms with Gasteiger partial charge < -0.3 is 0 Å². The van der Waals surface area contributed by atoms with Crippen LogP contribution in [0.1, 0.15) is 18.1 Å². The lowest BCUT2D eigenvalue weighted by Gasteiger charge is -2.00. The second-order valence-corrected chi connectivity index (χ2v) is 3.76. The summed E-state index contributed by atoms with van der Waals surface area (Å²) in [6.45, 7) is 5.49. The van der Waals surface area contributed by atoms with Crippen molar-refractivity contribution in [2.75, 3.05) is 0 Å². The molecule has 90 valence electrons. The lowest BCUT2D eigenvalue weighted by Crippen LogP contribution is -2.00. The van der Waals surface area contributed by atoms with Gasteiger partial charge in [-0.3, -0.25) is 10.1 Å². The normalized spacial score (nSPS) is 15.7. The summed E-state index contributed by atoms with van der Waals surface area (Å²) in [6, 6.07) is 4.44. The number of rotatable bonds is 3.